The molecule has 1 aromatic heterocycles. The van der Waals surface area contributed by atoms with Gasteiger partial charge in [-0.25, -0.2) is 9.97 Å². The number of hydrogen-bond donors (Lipinski definition) is 2. The zero-order valence-electron chi connectivity index (χ0n) is 26.3. The molecule has 250 valence electrons. The van der Waals surface area contributed by atoms with Crippen molar-refractivity contribution in [3.05, 3.63) is 101 Å². The number of carbonyl (C=O) groups is 2. The number of nitrogens with zero attached hydrogens (tertiary/aromatic N) is 4. The van der Waals surface area contributed by atoms with E-state index in [1.807, 2.05) is 31.2 Å². The van der Waals surface area contributed by atoms with Crippen molar-refractivity contribution < 1.29 is 32.2 Å². The second-order valence-corrected chi connectivity index (χ2v) is 11.6. The Morgan fingerprint density at radius 1 is 1.00 bits per heavy atom. The van der Waals surface area contributed by atoms with Gasteiger partial charge in [-0.1, -0.05) is 12.1 Å². The number of hydrogen-bond acceptors (Lipinski definition) is 8. The van der Waals surface area contributed by atoms with Crippen LogP contribution >= 0.6 is 0 Å². The van der Waals surface area contributed by atoms with Gasteiger partial charge in [0.2, 0.25) is 5.95 Å². The number of anilines is 4. The number of alkyl halides is 3. The molecule has 2 N–H and O–H groups in total. The summed E-state index contributed by atoms with van der Waals surface area (Å²) in [5.41, 5.74) is 2.41. The molecule has 0 spiro atoms. The van der Waals surface area contributed by atoms with Crippen molar-refractivity contribution in [1.82, 2.24) is 14.9 Å². The van der Waals surface area contributed by atoms with Crippen LogP contribution in [0.15, 0.2) is 72.9 Å². The van der Waals surface area contributed by atoms with E-state index in [1.165, 1.54) is 18.3 Å². The molecule has 0 unspecified atom stereocenters. The van der Waals surface area contributed by atoms with E-state index in [2.05, 4.69) is 25.5 Å². The molecule has 0 bridgehead atoms. The average Bonchev–Trinajstić information content (AvgIpc) is 3.09. The van der Waals surface area contributed by atoms with Gasteiger partial charge in [0.25, 0.3) is 11.8 Å². The fourth-order valence-corrected chi connectivity index (χ4v) is 5.63. The van der Waals surface area contributed by atoms with E-state index in [0.29, 0.717) is 48.2 Å². The van der Waals surface area contributed by atoms with E-state index in [-0.39, 0.29) is 11.5 Å². The maximum atomic E-state index is 13.6. The molecular weight excluding hydrogens is 625 g/mol. The predicted molar refractivity (Wildman–Crippen MR) is 175 cm³/mol. The van der Waals surface area contributed by atoms with Gasteiger partial charge in [0, 0.05) is 61.4 Å². The summed E-state index contributed by atoms with van der Waals surface area (Å²) in [5.74, 6) is 0.155. The SMILES string of the molecule is Cc1ccc(NC(=O)c2cccc(C(F)(F)F)c2)cc1N1CCc2nc(Nc3ccc(OCCCN4CCOCC4)cc3)ncc2C1=O. The summed E-state index contributed by atoms with van der Waals surface area (Å²) in [6.45, 7) is 7.28. The normalized spacial score (nSPS) is 15.2. The van der Waals surface area contributed by atoms with Gasteiger partial charge in [-0.15, -0.1) is 0 Å². The number of aryl methyl sites for hydroxylation is 1. The molecule has 3 aromatic carbocycles. The van der Waals surface area contributed by atoms with Gasteiger partial charge in [-0.05, 0) is 73.5 Å². The highest BCUT2D eigenvalue weighted by Crippen LogP contribution is 2.32. The van der Waals surface area contributed by atoms with Gasteiger partial charge in [-0.3, -0.25) is 14.5 Å². The van der Waals surface area contributed by atoms with Crippen LogP contribution in [0, 0.1) is 6.92 Å². The third-order valence-electron chi connectivity index (χ3n) is 8.23. The van der Waals surface area contributed by atoms with Crippen LogP contribution in [0.2, 0.25) is 0 Å². The number of ether oxygens (including phenoxy) is 2. The van der Waals surface area contributed by atoms with E-state index in [0.717, 1.165) is 68.4 Å². The van der Waals surface area contributed by atoms with Gasteiger partial charge in [0.05, 0.1) is 36.6 Å². The van der Waals surface area contributed by atoms with Crippen LogP contribution < -0.4 is 20.3 Å². The lowest BCUT2D eigenvalue weighted by atomic mass is 10.0. The van der Waals surface area contributed by atoms with E-state index in [4.69, 9.17) is 9.47 Å². The van der Waals surface area contributed by atoms with Gasteiger partial charge >= 0.3 is 6.18 Å². The fourth-order valence-electron chi connectivity index (χ4n) is 5.63. The highest BCUT2D eigenvalue weighted by atomic mass is 19.4. The van der Waals surface area contributed by atoms with Gasteiger partial charge in [-0.2, -0.15) is 13.2 Å². The number of amides is 2. The largest absolute Gasteiger partial charge is 0.494 e. The number of benzene rings is 3. The van der Waals surface area contributed by atoms with Crippen LogP contribution in [0.4, 0.5) is 36.2 Å². The number of nitrogens with one attached hydrogen (secondary N) is 2. The molecular formula is C35H35F3N6O4. The van der Waals surface area contributed by atoms with Crippen molar-refractivity contribution in [1.29, 1.82) is 0 Å². The van der Waals surface area contributed by atoms with Crippen LogP contribution in [0.3, 0.4) is 0 Å². The molecule has 2 aliphatic rings. The van der Waals surface area contributed by atoms with Crippen molar-refractivity contribution in [2.45, 2.75) is 25.9 Å². The maximum Gasteiger partial charge on any atom is 0.416 e. The second-order valence-electron chi connectivity index (χ2n) is 11.6. The Bertz CT molecular complexity index is 1780. The molecule has 0 atom stereocenters. The van der Waals surface area contributed by atoms with E-state index >= 15 is 0 Å². The molecule has 2 amide bonds. The predicted octanol–water partition coefficient (Wildman–Crippen LogP) is 6.10. The number of rotatable bonds is 10. The second kappa shape index (κ2) is 14.4. The Labute approximate surface area is 275 Å². The lowest BCUT2D eigenvalue weighted by Crippen LogP contribution is -2.38. The molecule has 1 fully saturated rings. The number of aromatic nitrogens is 2. The van der Waals surface area contributed by atoms with E-state index < -0.39 is 17.6 Å². The molecule has 2 aliphatic heterocycles. The van der Waals surface area contributed by atoms with Crippen molar-refractivity contribution in [3.63, 3.8) is 0 Å². The van der Waals surface area contributed by atoms with E-state index in [1.54, 1.807) is 23.1 Å². The summed E-state index contributed by atoms with van der Waals surface area (Å²) in [7, 11) is 0. The van der Waals surface area contributed by atoms with Crippen LogP contribution in [0.25, 0.3) is 0 Å². The Hall–Kier alpha value is -5.01. The number of carbonyl (C=O) groups excluding carboxylic acids is 2. The van der Waals surface area contributed by atoms with Crippen molar-refractivity contribution in [3.8, 4) is 5.75 Å². The van der Waals surface area contributed by atoms with E-state index in [9.17, 15) is 22.8 Å². The first-order valence-corrected chi connectivity index (χ1v) is 15.7. The molecule has 10 nitrogen and oxygen atoms in total. The molecule has 0 aliphatic carbocycles. The summed E-state index contributed by atoms with van der Waals surface area (Å²) in [6.07, 6.45) is -1.66. The van der Waals surface area contributed by atoms with Crippen LogP contribution in [-0.4, -0.2) is 72.7 Å². The minimum Gasteiger partial charge on any atom is -0.494 e. The summed E-state index contributed by atoms with van der Waals surface area (Å²) in [5, 5.41) is 5.83. The summed E-state index contributed by atoms with van der Waals surface area (Å²) in [6, 6.07) is 16.8. The third kappa shape index (κ3) is 7.92. The first kappa shape index (κ1) is 32.9. The molecule has 3 heterocycles. The van der Waals surface area contributed by atoms with Gasteiger partial charge in [0.15, 0.2) is 0 Å². The topological polar surface area (TPSA) is 109 Å². The quantitative estimate of drug-likeness (QED) is 0.197. The number of morpholine rings is 1. The Morgan fingerprint density at radius 3 is 2.54 bits per heavy atom. The minimum atomic E-state index is -4.57. The van der Waals surface area contributed by atoms with Crippen LogP contribution in [0.5, 0.6) is 5.75 Å². The van der Waals surface area contributed by atoms with Gasteiger partial charge < -0.3 is 25.0 Å². The summed E-state index contributed by atoms with van der Waals surface area (Å²) in [4.78, 5) is 39.3. The lowest BCUT2D eigenvalue weighted by Gasteiger charge is -2.29. The van der Waals surface area contributed by atoms with Crippen molar-refractivity contribution >= 4 is 34.8 Å². The monoisotopic (exact) mass is 660 g/mol. The number of fused-ring (bicyclic) bond motifs is 1. The molecule has 0 radical (unpaired) electrons. The first-order chi connectivity index (χ1) is 23.1. The number of halogens is 3. The van der Waals surface area contributed by atoms with Gasteiger partial charge in [0.1, 0.15) is 5.75 Å². The molecule has 4 aromatic rings. The third-order valence-corrected chi connectivity index (χ3v) is 8.23. The van der Waals surface area contributed by atoms with Crippen LogP contribution in [0.1, 0.15) is 44.0 Å². The maximum absolute atomic E-state index is 13.6. The molecule has 6 rings (SSSR count). The highest BCUT2D eigenvalue weighted by Gasteiger charge is 2.31. The molecule has 13 heteroatoms. The average molecular weight is 661 g/mol. The Balaban J connectivity index is 1.06. The Morgan fingerprint density at radius 2 is 1.77 bits per heavy atom. The van der Waals surface area contributed by atoms with Crippen molar-refractivity contribution in [2.75, 3.05) is 61.5 Å². The molecule has 48 heavy (non-hydrogen) atoms. The standard InChI is InChI=1S/C35H35F3N6O4/c1-23-6-7-27(40-32(45)24-4-2-5-25(20-24)35(36,37)38)21-31(23)44-14-12-30-29(33(44)46)22-39-34(42-30)41-26-8-10-28(11-9-26)48-17-3-13-43-15-18-47-19-16-43/h2,4-11,20-22H,3,12-19H2,1H3,(H,40,45)(H,39,41,42). The summed E-state index contributed by atoms with van der Waals surface area (Å²) < 4.78 is 50.7. The minimum absolute atomic E-state index is 0.129. The zero-order valence-corrected chi connectivity index (χ0v) is 26.3. The van der Waals surface area contributed by atoms with Crippen LogP contribution in [-0.2, 0) is 17.3 Å². The molecule has 0 saturated carbocycles. The lowest BCUT2D eigenvalue weighted by molar-refractivity contribution is -0.137. The highest BCUT2D eigenvalue weighted by molar-refractivity contribution is 6.09. The summed E-state index contributed by atoms with van der Waals surface area (Å²) >= 11 is 0. The Kier molecular flexibility index (Phi) is 9.88. The zero-order chi connectivity index (χ0) is 33.7. The smallest absolute Gasteiger partial charge is 0.416 e. The first-order valence-electron chi connectivity index (χ1n) is 15.7. The molecule has 1 saturated heterocycles. The fraction of sp³-hybridized carbons (Fsp3) is 0.314. The van der Waals surface area contributed by atoms with Crippen molar-refractivity contribution in [2.24, 2.45) is 0 Å².